The Hall–Kier alpha value is -8.61. The molecule has 0 saturated carbocycles. The summed E-state index contributed by atoms with van der Waals surface area (Å²) < 4.78 is 15.0. The van der Waals surface area contributed by atoms with Crippen molar-refractivity contribution in [3.8, 4) is 62.1 Å². The van der Waals surface area contributed by atoms with Gasteiger partial charge in [0.15, 0.2) is 17.5 Å². The van der Waals surface area contributed by atoms with E-state index >= 15 is 0 Å². The van der Waals surface area contributed by atoms with Gasteiger partial charge in [-0.2, -0.15) is 0 Å². The van der Waals surface area contributed by atoms with Gasteiger partial charge in [0.2, 0.25) is 0 Å². The third-order valence-electron chi connectivity index (χ3n) is 13.8. The van der Waals surface area contributed by atoms with Crippen molar-refractivity contribution in [1.29, 1.82) is 0 Å². The molecule has 4 heterocycles. The maximum atomic E-state index is 6.35. The normalized spacial score (nSPS) is 13.1. The minimum Gasteiger partial charge on any atom is -0.456 e. The lowest BCUT2D eigenvalue weighted by Gasteiger charge is -2.22. The highest BCUT2D eigenvalue weighted by atomic mass is 16.3. The average Bonchev–Trinajstić information content (AvgIpc) is 4.09. The number of furan rings is 2. The molecule has 0 spiro atoms. The van der Waals surface area contributed by atoms with Crippen LogP contribution in [0.25, 0.3) is 128 Å². The van der Waals surface area contributed by atoms with Crippen LogP contribution in [0.3, 0.4) is 0 Å². The first-order valence-corrected chi connectivity index (χ1v) is 22.4. The molecule has 0 fully saturated rings. The zero-order valence-electron chi connectivity index (χ0n) is 36.1. The van der Waals surface area contributed by atoms with Crippen molar-refractivity contribution in [3.63, 3.8) is 0 Å². The SMILES string of the molecule is CC1(C)c2cc(-c3ccc4c(c3)c3ccccc3n4-c3cccc(-c4nc(-c5ccccc5)nc(-c5ccc6c(c5)oc5ccccc56)n4)c3)ccc2-c2cc3c(cc21)oc1ccccc13. The number of hydrogen-bond donors (Lipinski definition) is 0. The Morgan fingerprint density at radius 3 is 1.70 bits per heavy atom. The first kappa shape index (κ1) is 36.8. The van der Waals surface area contributed by atoms with Gasteiger partial charge in [-0.05, 0) is 106 Å². The van der Waals surface area contributed by atoms with E-state index in [0.29, 0.717) is 17.5 Å². The standard InChI is InChI=1S/C60H38N4O2/c1-60(2)49-31-37(23-26-41(49)46-33-48-44-19-8-11-22-54(44)66-56(48)34-50(46)60)36-25-28-52-47(30-36)42-17-6-9-20-51(42)64(52)40-16-12-15-38(29-40)58-61-57(35-13-4-3-5-14-35)62-59(63-58)39-24-27-45-43-18-7-10-21-53(43)65-55(45)32-39/h3-34H,1-2H3. The summed E-state index contributed by atoms with van der Waals surface area (Å²) in [5, 5.41) is 6.85. The predicted molar refractivity (Wildman–Crippen MR) is 268 cm³/mol. The van der Waals surface area contributed by atoms with Crippen molar-refractivity contribution in [2.24, 2.45) is 0 Å². The van der Waals surface area contributed by atoms with Crippen molar-refractivity contribution in [1.82, 2.24) is 19.5 Å². The van der Waals surface area contributed by atoms with E-state index < -0.39 is 0 Å². The fourth-order valence-electron chi connectivity index (χ4n) is 10.6. The number of fused-ring (bicyclic) bond motifs is 12. The Balaban J connectivity index is 0.872. The van der Waals surface area contributed by atoms with Crippen LogP contribution in [0, 0.1) is 0 Å². The lowest BCUT2D eigenvalue weighted by Crippen LogP contribution is -2.15. The highest BCUT2D eigenvalue weighted by molar-refractivity contribution is 6.11. The van der Waals surface area contributed by atoms with Crippen molar-refractivity contribution in [3.05, 3.63) is 205 Å². The zero-order valence-corrected chi connectivity index (χ0v) is 36.1. The molecule has 6 heteroatoms. The summed E-state index contributed by atoms with van der Waals surface area (Å²) in [5.74, 6) is 1.78. The molecule has 1 aliphatic rings. The molecular weight excluding hydrogens is 809 g/mol. The van der Waals surface area contributed by atoms with Gasteiger partial charge in [0.25, 0.3) is 0 Å². The van der Waals surface area contributed by atoms with Crippen LogP contribution in [-0.2, 0) is 5.41 Å². The van der Waals surface area contributed by atoms with Gasteiger partial charge in [0.05, 0.1) is 11.0 Å². The van der Waals surface area contributed by atoms with Gasteiger partial charge in [-0.15, -0.1) is 0 Å². The minimum absolute atomic E-state index is 0.192. The summed E-state index contributed by atoms with van der Waals surface area (Å²) in [4.78, 5) is 15.3. The van der Waals surface area contributed by atoms with E-state index in [-0.39, 0.29) is 5.41 Å². The Kier molecular flexibility index (Phi) is 7.64. The van der Waals surface area contributed by atoms with Gasteiger partial charge < -0.3 is 13.4 Å². The molecule has 0 saturated heterocycles. The largest absolute Gasteiger partial charge is 0.456 e. The molecule has 66 heavy (non-hydrogen) atoms. The van der Waals surface area contributed by atoms with Crippen LogP contribution in [0.2, 0.25) is 0 Å². The highest BCUT2D eigenvalue weighted by Gasteiger charge is 2.36. The quantitative estimate of drug-likeness (QED) is 0.173. The zero-order chi connectivity index (χ0) is 43.7. The topological polar surface area (TPSA) is 69.9 Å². The molecule has 13 aromatic rings. The molecule has 0 aliphatic heterocycles. The summed E-state index contributed by atoms with van der Waals surface area (Å²) in [7, 11) is 0. The average molecular weight is 847 g/mol. The van der Waals surface area contributed by atoms with E-state index in [1.54, 1.807) is 0 Å². The predicted octanol–water partition coefficient (Wildman–Crippen LogP) is 15.7. The van der Waals surface area contributed by atoms with E-state index in [4.69, 9.17) is 23.8 Å². The number of hydrogen-bond acceptors (Lipinski definition) is 5. The van der Waals surface area contributed by atoms with Crippen molar-refractivity contribution < 1.29 is 8.83 Å². The van der Waals surface area contributed by atoms with E-state index in [0.717, 1.165) is 77.3 Å². The van der Waals surface area contributed by atoms with Crippen molar-refractivity contribution in [2.75, 3.05) is 0 Å². The lowest BCUT2D eigenvalue weighted by molar-refractivity contribution is 0.647. The summed E-state index contributed by atoms with van der Waals surface area (Å²) in [6.45, 7) is 4.67. The molecule has 0 N–H and O–H groups in total. The Morgan fingerprint density at radius 1 is 0.348 bits per heavy atom. The molecule has 0 amide bonds. The molecule has 0 unspecified atom stereocenters. The van der Waals surface area contributed by atoms with Gasteiger partial charge in [0.1, 0.15) is 22.3 Å². The van der Waals surface area contributed by atoms with Crippen molar-refractivity contribution >= 4 is 65.7 Å². The smallest absolute Gasteiger partial charge is 0.164 e. The third kappa shape index (κ3) is 5.45. The molecular formula is C60H38N4O2. The molecule has 0 bridgehead atoms. The Bertz CT molecular complexity index is 4150. The van der Waals surface area contributed by atoms with Gasteiger partial charge in [-0.25, -0.2) is 15.0 Å². The van der Waals surface area contributed by atoms with Gasteiger partial charge in [-0.3, -0.25) is 0 Å². The maximum absolute atomic E-state index is 6.35. The second kappa shape index (κ2) is 13.7. The van der Waals surface area contributed by atoms with Gasteiger partial charge in [0, 0.05) is 60.1 Å². The number of para-hydroxylation sites is 3. The third-order valence-corrected chi connectivity index (χ3v) is 13.8. The van der Waals surface area contributed by atoms with Crippen LogP contribution in [0.15, 0.2) is 203 Å². The fourth-order valence-corrected chi connectivity index (χ4v) is 10.6. The van der Waals surface area contributed by atoms with Crippen molar-refractivity contribution in [2.45, 2.75) is 19.3 Å². The van der Waals surface area contributed by atoms with Crippen LogP contribution in [0.4, 0.5) is 0 Å². The summed E-state index contributed by atoms with van der Waals surface area (Å²) in [5.41, 5.74) is 16.9. The molecule has 0 atom stereocenters. The van der Waals surface area contributed by atoms with Crippen LogP contribution >= 0.6 is 0 Å². The second-order valence-electron chi connectivity index (χ2n) is 18.0. The number of nitrogens with zero attached hydrogens (tertiary/aromatic N) is 4. The second-order valence-corrected chi connectivity index (χ2v) is 18.0. The van der Waals surface area contributed by atoms with E-state index in [1.807, 2.05) is 60.7 Å². The first-order chi connectivity index (χ1) is 32.4. The molecule has 6 nitrogen and oxygen atoms in total. The molecule has 9 aromatic carbocycles. The fraction of sp³-hybridized carbons (Fsp3) is 0.0500. The van der Waals surface area contributed by atoms with Crippen LogP contribution < -0.4 is 0 Å². The molecule has 14 rings (SSSR count). The Morgan fingerprint density at radius 2 is 0.909 bits per heavy atom. The van der Waals surface area contributed by atoms with E-state index in [2.05, 4.69) is 152 Å². The van der Waals surface area contributed by atoms with Crippen LogP contribution in [-0.4, -0.2) is 19.5 Å². The Labute approximate surface area is 379 Å². The molecule has 1 aliphatic carbocycles. The molecule has 4 aromatic heterocycles. The molecule has 0 radical (unpaired) electrons. The number of benzene rings is 9. The van der Waals surface area contributed by atoms with E-state index in [1.165, 1.54) is 44.2 Å². The number of aromatic nitrogens is 4. The summed E-state index contributed by atoms with van der Waals surface area (Å²) in [6, 6.07) is 68.5. The summed E-state index contributed by atoms with van der Waals surface area (Å²) >= 11 is 0. The van der Waals surface area contributed by atoms with Crippen LogP contribution in [0.1, 0.15) is 25.0 Å². The van der Waals surface area contributed by atoms with Gasteiger partial charge >= 0.3 is 0 Å². The monoisotopic (exact) mass is 846 g/mol. The first-order valence-electron chi connectivity index (χ1n) is 22.4. The summed E-state index contributed by atoms with van der Waals surface area (Å²) in [6.07, 6.45) is 0. The maximum Gasteiger partial charge on any atom is 0.164 e. The molecule has 310 valence electrons. The number of rotatable bonds is 5. The van der Waals surface area contributed by atoms with Crippen LogP contribution in [0.5, 0.6) is 0 Å². The highest BCUT2D eigenvalue weighted by Crippen LogP contribution is 2.52. The lowest BCUT2D eigenvalue weighted by atomic mass is 9.81. The van der Waals surface area contributed by atoms with Gasteiger partial charge in [-0.1, -0.05) is 135 Å². The minimum atomic E-state index is -0.192. The van der Waals surface area contributed by atoms with E-state index in [9.17, 15) is 0 Å².